The molecule has 0 unspecified atom stereocenters. The van der Waals surface area contributed by atoms with Crippen LogP contribution in [0.5, 0.6) is 0 Å². The molecule has 1 aromatic carbocycles. The summed E-state index contributed by atoms with van der Waals surface area (Å²) in [6.07, 6.45) is 0.939. The van der Waals surface area contributed by atoms with E-state index in [0.29, 0.717) is 0 Å². The van der Waals surface area contributed by atoms with Crippen LogP contribution in [0.15, 0.2) is 34.1 Å². The number of hydrogen-bond acceptors (Lipinski definition) is 5. The van der Waals surface area contributed by atoms with Gasteiger partial charge in [0.1, 0.15) is 4.90 Å². The second kappa shape index (κ2) is 4.50. The molecular weight excluding hydrogens is 254 g/mol. The van der Waals surface area contributed by atoms with Crippen molar-refractivity contribution in [3.05, 3.63) is 24.3 Å². The second-order valence-electron chi connectivity index (χ2n) is 3.01. The predicted molar refractivity (Wildman–Crippen MR) is 56.9 cm³/mol. The highest BCUT2D eigenvalue weighted by Crippen LogP contribution is 2.19. The monoisotopic (exact) mass is 265 g/mol. The van der Waals surface area contributed by atoms with Gasteiger partial charge >= 0.3 is 0 Å². The molecule has 0 saturated heterocycles. The van der Waals surface area contributed by atoms with Crippen LogP contribution in [0.4, 0.5) is 0 Å². The highest BCUT2D eigenvalue weighted by atomic mass is 32.2. The van der Waals surface area contributed by atoms with Gasteiger partial charge in [-0.15, -0.1) is 0 Å². The SMILES string of the molecule is CONS(=O)(=O)c1ccccc1S(C)(=O)=O. The van der Waals surface area contributed by atoms with Crippen LogP contribution < -0.4 is 4.89 Å². The smallest absolute Gasteiger partial charge is 0.263 e. The Hall–Kier alpha value is -0.960. The van der Waals surface area contributed by atoms with Gasteiger partial charge < -0.3 is 0 Å². The molecule has 0 heterocycles. The van der Waals surface area contributed by atoms with Gasteiger partial charge in [0.2, 0.25) is 0 Å². The van der Waals surface area contributed by atoms with E-state index in [1.807, 2.05) is 0 Å². The van der Waals surface area contributed by atoms with Crippen LogP contribution in [0, 0.1) is 0 Å². The van der Waals surface area contributed by atoms with Crippen molar-refractivity contribution >= 4 is 19.9 Å². The third-order valence-corrected chi connectivity index (χ3v) is 4.34. The van der Waals surface area contributed by atoms with E-state index in [1.165, 1.54) is 24.3 Å². The summed E-state index contributed by atoms with van der Waals surface area (Å²) in [5.41, 5.74) is 0. The largest absolute Gasteiger partial charge is 0.290 e. The topological polar surface area (TPSA) is 89.5 Å². The number of sulfonamides is 1. The molecule has 1 N–H and O–H groups in total. The zero-order valence-corrected chi connectivity index (χ0v) is 10.3. The maximum atomic E-state index is 11.6. The molecule has 0 spiro atoms. The number of benzene rings is 1. The zero-order chi connectivity index (χ0) is 12.4. The van der Waals surface area contributed by atoms with E-state index >= 15 is 0 Å². The Morgan fingerprint density at radius 1 is 1.06 bits per heavy atom. The Labute approximate surface area is 94.2 Å². The van der Waals surface area contributed by atoms with Crippen molar-refractivity contribution in [1.82, 2.24) is 4.89 Å². The quantitative estimate of drug-likeness (QED) is 0.770. The lowest BCUT2D eigenvalue weighted by atomic mass is 10.4. The van der Waals surface area contributed by atoms with Gasteiger partial charge in [-0.2, -0.15) is 0 Å². The first-order valence-electron chi connectivity index (χ1n) is 4.13. The van der Waals surface area contributed by atoms with E-state index in [1.54, 1.807) is 4.89 Å². The van der Waals surface area contributed by atoms with Crippen molar-refractivity contribution in [2.75, 3.05) is 13.4 Å². The lowest BCUT2D eigenvalue weighted by Gasteiger charge is -2.08. The molecule has 1 aromatic rings. The van der Waals surface area contributed by atoms with Crippen LogP contribution >= 0.6 is 0 Å². The minimum Gasteiger partial charge on any atom is -0.290 e. The van der Waals surface area contributed by atoms with Gasteiger partial charge in [0.25, 0.3) is 10.0 Å². The molecule has 90 valence electrons. The molecule has 0 bridgehead atoms. The van der Waals surface area contributed by atoms with Crippen LogP contribution in [-0.4, -0.2) is 30.2 Å². The van der Waals surface area contributed by atoms with Crippen molar-refractivity contribution in [3.8, 4) is 0 Å². The lowest BCUT2D eigenvalue weighted by molar-refractivity contribution is 0.153. The van der Waals surface area contributed by atoms with Gasteiger partial charge in [-0.25, -0.2) is 16.8 Å². The van der Waals surface area contributed by atoms with E-state index in [2.05, 4.69) is 4.84 Å². The maximum Gasteiger partial charge on any atom is 0.263 e. The highest BCUT2D eigenvalue weighted by molar-refractivity contribution is 7.93. The molecule has 0 aliphatic heterocycles. The second-order valence-corrected chi connectivity index (χ2v) is 6.61. The molecule has 16 heavy (non-hydrogen) atoms. The summed E-state index contributed by atoms with van der Waals surface area (Å²) in [4.78, 5) is 5.46. The van der Waals surface area contributed by atoms with Crippen molar-refractivity contribution in [2.24, 2.45) is 0 Å². The molecule has 0 radical (unpaired) electrons. The van der Waals surface area contributed by atoms with Crippen LogP contribution in [0.1, 0.15) is 0 Å². The Bertz CT molecular complexity index is 576. The van der Waals surface area contributed by atoms with Crippen molar-refractivity contribution in [3.63, 3.8) is 0 Å². The van der Waals surface area contributed by atoms with Crippen molar-refractivity contribution in [1.29, 1.82) is 0 Å². The number of nitrogens with one attached hydrogen (secondary N) is 1. The fourth-order valence-electron chi connectivity index (χ4n) is 1.13. The third kappa shape index (κ3) is 2.79. The van der Waals surface area contributed by atoms with E-state index < -0.39 is 19.9 Å². The molecular formula is C8H11NO5S2. The van der Waals surface area contributed by atoms with Gasteiger partial charge in [0, 0.05) is 6.26 Å². The Morgan fingerprint density at radius 2 is 1.56 bits per heavy atom. The molecule has 1 rings (SSSR count). The third-order valence-electron chi connectivity index (χ3n) is 1.73. The number of rotatable bonds is 4. The lowest BCUT2D eigenvalue weighted by Crippen LogP contribution is -2.24. The van der Waals surface area contributed by atoms with Crippen LogP contribution in [0.25, 0.3) is 0 Å². The maximum absolute atomic E-state index is 11.6. The zero-order valence-electron chi connectivity index (χ0n) is 8.67. The van der Waals surface area contributed by atoms with Gasteiger partial charge in [-0.05, 0) is 12.1 Å². The van der Waals surface area contributed by atoms with Gasteiger partial charge in [-0.1, -0.05) is 17.0 Å². The first kappa shape index (κ1) is 13.1. The van der Waals surface area contributed by atoms with E-state index in [9.17, 15) is 16.8 Å². The fraction of sp³-hybridized carbons (Fsp3) is 0.250. The average molecular weight is 265 g/mol. The average Bonchev–Trinajstić information content (AvgIpc) is 2.16. The molecule has 0 fully saturated rings. The summed E-state index contributed by atoms with van der Waals surface area (Å²) >= 11 is 0. The van der Waals surface area contributed by atoms with Gasteiger partial charge in [-0.3, -0.25) is 4.84 Å². The first-order chi connectivity index (χ1) is 7.29. The van der Waals surface area contributed by atoms with Gasteiger partial charge in [0.15, 0.2) is 9.84 Å². The van der Waals surface area contributed by atoms with Gasteiger partial charge in [0.05, 0.1) is 12.0 Å². The Morgan fingerprint density at radius 3 is 2.00 bits per heavy atom. The molecule has 0 aliphatic carbocycles. The standard InChI is InChI=1S/C8H11NO5S2/c1-14-9-16(12,13)8-6-4-3-5-7(8)15(2,10)11/h3-6,9H,1-2H3. The fourth-order valence-corrected chi connectivity index (χ4v) is 3.58. The number of hydrogen-bond donors (Lipinski definition) is 1. The molecule has 0 aromatic heterocycles. The summed E-state index contributed by atoms with van der Waals surface area (Å²) in [6.45, 7) is 0. The molecule has 0 saturated carbocycles. The number of sulfone groups is 1. The van der Waals surface area contributed by atoms with Crippen LogP contribution in [0.2, 0.25) is 0 Å². The molecule has 0 amide bonds. The van der Waals surface area contributed by atoms with Crippen LogP contribution in [0.3, 0.4) is 0 Å². The molecule has 0 atom stereocenters. The van der Waals surface area contributed by atoms with Crippen molar-refractivity contribution in [2.45, 2.75) is 9.79 Å². The molecule has 8 heteroatoms. The molecule has 6 nitrogen and oxygen atoms in total. The van der Waals surface area contributed by atoms with E-state index in [4.69, 9.17) is 0 Å². The van der Waals surface area contributed by atoms with Crippen LogP contribution in [-0.2, 0) is 24.7 Å². The normalized spacial score (nSPS) is 12.6. The minimum atomic E-state index is -3.98. The summed E-state index contributed by atoms with van der Waals surface area (Å²) in [7, 11) is -6.46. The Balaban J connectivity index is 3.48. The molecule has 0 aliphatic rings. The summed E-state index contributed by atoms with van der Waals surface area (Å²) in [5, 5.41) is 0. The minimum absolute atomic E-state index is 0.264. The summed E-state index contributed by atoms with van der Waals surface area (Å²) < 4.78 is 45.9. The highest BCUT2D eigenvalue weighted by Gasteiger charge is 2.23. The van der Waals surface area contributed by atoms with E-state index in [0.717, 1.165) is 13.4 Å². The Kier molecular flexibility index (Phi) is 3.68. The summed E-state index contributed by atoms with van der Waals surface area (Å²) in [6, 6.07) is 5.29. The van der Waals surface area contributed by atoms with E-state index in [-0.39, 0.29) is 9.79 Å². The van der Waals surface area contributed by atoms with Crippen molar-refractivity contribution < 1.29 is 21.7 Å². The predicted octanol–water partition coefficient (Wildman–Crippen LogP) is -0.0702. The summed E-state index contributed by atoms with van der Waals surface area (Å²) in [5.74, 6) is 0. The first-order valence-corrected chi connectivity index (χ1v) is 7.50.